The second-order valence-corrected chi connectivity index (χ2v) is 3.67. The van der Waals surface area contributed by atoms with Crippen LogP contribution in [0.2, 0.25) is 0 Å². The molecule has 3 heteroatoms. The molecule has 0 bridgehead atoms. The van der Waals surface area contributed by atoms with E-state index in [1.54, 1.807) is 0 Å². The molecule has 0 saturated carbocycles. The molecule has 0 fully saturated rings. The van der Waals surface area contributed by atoms with Gasteiger partial charge in [0.05, 0.1) is 18.0 Å². The monoisotopic (exact) mass is 197 g/mol. The van der Waals surface area contributed by atoms with E-state index in [1.807, 2.05) is 0 Å². The summed E-state index contributed by atoms with van der Waals surface area (Å²) in [6.07, 6.45) is 2.26. The minimum absolute atomic E-state index is 0.371. The first-order valence-electron chi connectivity index (χ1n) is 4.93. The molecule has 0 aliphatic carbocycles. The van der Waals surface area contributed by atoms with Gasteiger partial charge in [-0.15, -0.1) is 0 Å². The predicted octanol–water partition coefficient (Wildman–Crippen LogP) is 2.69. The van der Waals surface area contributed by atoms with Crippen molar-refractivity contribution in [1.29, 1.82) is 0 Å². The summed E-state index contributed by atoms with van der Waals surface area (Å²) in [6, 6.07) is 2.85. The molecule has 78 valence electrons. The van der Waals surface area contributed by atoms with Crippen LogP contribution < -0.4 is 0 Å². The third kappa shape index (κ3) is 3.07. The van der Waals surface area contributed by atoms with Crippen LogP contribution in [0.4, 0.5) is 4.39 Å². The van der Waals surface area contributed by atoms with Crippen molar-refractivity contribution >= 4 is 0 Å². The molecule has 0 aromatic carbocycles. The normalized spacial score (nSPS) is 15.1. The predicted molar refractivity (Wildman–Crippen MR) is 53.2 cm³/mol. The van der Waals surface area contributed by atoms with Crippen molar-refractivity contribution in [2.75, 3.05) is 0 Å². The van der Waals surface area contributed by atoms with Crippen molar-refractivity contribution < 1.29 is 9.50 Å². The lowest BCUT2D eigenvalue weighted by atomic mass is 9.99. The van der Waals surface area contributed by atoms with E-state index >= 15 is 0 Å². The molecular formula is C11H16FNO. The highest BCUT2D eigenvalue weighted by Gasteiger charge is 2.12. The van der Waals surface area contributed by atoms with E-state index in [-0.39, 0.29) is 5.82 Å². The fourth-order valence-corrected chi connectivity index (χ4v) is 1.25. The van der Waals surface area contributed by atoms with Gasteiger partial charge in [-0.1, -0.05) is 20.3 Å². The van der Waals surface area contributed by atoms with E-state index < -0.39 is 6.10 Å². The summed E-state index contributed by atoms with van der Waals surface area (Å²) in [5.74, 6) is 0.0846. The summed E-state index contributed by atoms with van der Waals surface area (Å²) in [7, 11) is 0. The molecule has 1 aromatic rings. The van der Waals surface area contributed by atoms with Crippen LogP contribution in [0.5, 0.6) is 0 Å². The van der Waals surface area contributed by atoms with Gasteiger partial charge in [-0.05, 0) is 24.5 Å². The zero-order valence-electron chi connectivity index (χ0n) is 8.57. The molecule has 2 unspecified atom stereocenters. The van der Waals surface area contributed by atoms with E-state index in [0.717, 1.165) is 12.6 Å². The summed E-state index contributed by atoms with van der Waals surface area (Å²) in [6.45, 7) is 4.15. The van der Waals surface area contributed by atoms with Gasteiger partial charge in [-0.25, -0.2) is 4.39 Å². The Balaban J connectivity index is 2.60. The molecule has 0 amide bonds. The highest BCUT2D eigenvalue weighted by molar-refractivity contribution is 5.07. The molecule has 2 nitrogen and oxygen atoms in total. The molecule has 1 heterocycles. The lowest BCUT2D eigenvalue weighted by Crippen LogP contribution is -2.05. The van der Waals surface area contributed by atoms with Crippen molar-refractivity contribution in [2.45, 2.75) is 32.8 Å². The van der Waals surface area contributed by atoms with Gasteiger partial charge in [0.15, 0.2) is 0 Å². The average molecular weight is 197 g/mol. The summed E-state index contributed by atoms with van der Waals surface area (Å²) < 4.78 is 12.5. The zero-order chi connectivity index (χ0) is 10.6. The molecule has 0 radical (unpaired) electrons. The number of aliphatic hydroxyl groups is 1. The summed E-state index contributed by atoms with van der Waals surface area (Å²) >= 11 is 0. The highest BCUT2D eigenvalue weighted by Crippen LogP contribution is 2.20. The number of hydrogen-bond donors (Lipinski definition) is 1. The SMILES string of the molecule is CCC(C)CC(O)c1ccc(F)cn1. The second-order valence-electron chi connectivity index (χ2n) is 3.67. The maximum Gasteiger partial charge on any atom is 0.141 e. The van der Waals surface area contributed by atoms with Crippen LogP contribution in [0.1, 0.15) is 38.5 Å². The molecule has 1 aromatic heterocycles. The maximum atomic E-state index is 12.5. The van der Waals surface area contributed by atoms with Gasteiger partial charge < -0.3 is 5.11 Å². The third-order valence-electron chi connectivity index (χ3n) is 2.41. The number of aromatic nitrogens is 1. The Morgan fingerprint density at radius 3 is 2.71 bits per heavy atom. The zero-order valence-corrected chi connectivity index (χ0v) is 8.57. The first-order chi connectivity index (χ1) is 6.63. The van der Waals surface area contributed by atoms with Crippen LogP contribution in [0.25, 0.3) is 0 Å². The van der Waals surface area contributed by atoms with Crippen LogP contribution >= 0.6 is 0 Å². The molecule has 1 rings (SSSR count). The Hall–Kier alpha value is -0.960. The van der Waals surface area contributed by atoms with E-state index in [2.05, 4.69) is 18.8 Å². The largest absolute Gasteiger partial charge is 0.387 e. The van der Waals surface area contributed by atoms with E-state index in [0.29, 0.717) is 18.0 Å². The Bertz CT molecular complexity index is 273. The van der Waals surface area contributed by atoms with Crippen LogP contribution in [0.15, 0.2) is 18.3 Å². The molecule has 1 N–H and O–H groups in total. The van der Waals surface area contributed by atoms with Gasteiger partial charge in [0.2, 0.25) is 0 Å². The quantitative estimate of drug-likeness (QED) is 0.805. The van der Waals surface area contributed by atoms with E-state index in [9.17, 15) is 9.50 Å². The summed E-state index contributed by atoms with van der Waals surface area (Å²) in [4.78, 5) is 3.84. The van der Waals surface area contributed by atoms with Gasteiger partial charge in [-0.2, -0.15) is 0 Å². The van der Waals surface area contributed by atoms with Crippen LogP contribution in [0.3, 0.4) is 0 Å². The van der Waals surface area contributed by atoms with Gasteiger partial charge in [0.1, 0.15) is 5.82 Å². The summed E-state index contributed by atoms with van der Waals surface area (Å²) in [5, 5.41) is 9.73. The number of hydrogen-bond acceptors (Lipinski definition) is 2. The second kappa shape index (κ2) is 5.05. The van der Waals surface area contributed by atoms with Gasteiger partial charge in [0, 0.05) is 0 Å². The van der Waals surface area contributed by atoms with E-state index in [4.69, 9.17) is 0 Å². The molecular weight excluding hydrogens is 181 g/mol. The smallest absolute Gasteiger partial charge is 0.141 e. The minimum Gasteiger partial charge on any atom is -0.387 e. The standard InChI is InChI=1S/C11H16FNO/c1-3-8(2)6-11(14)10-5-4-9(12)7-13-10/h4-5,7-8,11,14H,3,6H2,1-2H3. The van der Waals surface area contributed by atoms with Crippen molar-refractivity contribution in [3.8, 4) is 0 Å². The average Bonchev–Trinajstić information content (AvgIpc) is 2.18. The van der Waals surface area contributed by atoms with Crippen LogP contribution in [0, 0.1) is 11.7 Å². The number of rotatable bonds is 4. The third-order valence-corrected chi connectivity index (χ3v) is 2.41. The topological polar surface area (TPSA) is 33.1 Å². The molecule has 14 heavy (non-hydrogen) atoms. The van der Waals surface area contributed by atoms with Crippen LogP contribution in [-0.2, 0) is 0 Å². The fraction of sp³-hybridized carbons (Fsp3) is 0.545. The Morgan fingerprint density at radius 1 is 1.50 bits per heavy atom. The number of aliphatic hydroxyl groups excluding tert-OH is 1. The fourth-order valence-electron chi connectivity index (χ4n) is 1.25. The Morgan fingerprint density at radius 2 is 2.21 bits per heavy atom. The molecule has 0 aliphatic heterocycles. The molecule has 0 saturated heterocycles. The van der Waals surface area contributed by atoms with Crippen molar-refractivity contribution in [1.82, 2.24) is 4.98 Å². The van der Waals surface area contributed by atoms with Gasteiger partial charge in [-0.3, -0.25) is 4.98 Å². The van der Waals surface area contributed by atoms with Gasteiger partial charge in [0.25, 0.3) is 0 Å². The first kappa shape index (κ1) is 11.1. The van der Waals surface area contributed by atoms with Crippen molar-refractivity contribution in [2.24, 2.45) is 5.92 Å². The highest BCUT2D eigenvalue weighted by atomic mass is 19.1. The molecule has 0 spiro atoms. The van der Waals surface area contributed by atoms with Crippen LogP contribution in [-0.4, -0.2) is 10.1 Å². The van der Waals surface area contributed by atoms with Crippen molar-refractivity contribution in [3.63, 3.8) is 0 Å². The molecule has 2 atom stereocenters. The number of nitrogens with zero attached hydrogens (tertiary/aromatic N) is 1. The minimum atomic E-state index is -0.578. The van der Waals surface area contributed by atoms with E-state index in [1.165, 1.54) is 12.1 Å². The van der Waals surface area contributed by atoms with Crippen molar-refractivity contribution in [3.05, 3.63) is 29.8 Å². The maximum absolute atomic E-state index is 12.5. The lowest BCUT2D eigenvalue weighted by molar-refractivity contribution is 0.142. The molecule has 0 aliphatic rings. The Kier molecular flexibility index (Phi) is 4.01. The number of halogens is 1. The first-order valence-corrected chi connectivity index (χ1v) is 4.93. The lowest BCUT2D eigenvalue weighted by Gasteiger charge is -2.14. The summed E-state index contributed by atoms with van der Waals surface area (Å²) in [5.41, 5.74) is 0.548. The van der Waals surface area contributed by atoms with Gasteiger partial charge >= 0.3 is 0 Å². The number of pyridine rings is 1. The Labute approximate surface area is 83.8 Å².